The monoisotopic (exact) mass is 250 g/mol. The van der Waals surface area contributed by atoms with Gasteiger partial charge < -0.3 is 10.2 Å². The lowest BCUT2D eigenvalue weighted by Crippen LogP contribution is -2.24. The average Bonchev–Trinajstić information content (AvgIpc) is 2.25. The lowest BCUT2D eigenvalue weighted by Gasteiger charge is -2.33. The molecule has 0 spiro atoms. The van der Waals surface area contributed by atoms with E-state index in [-0.39, 0.29) is 17.4 Å². The van der Waals surface area contributed by atoms with E-state index in [2.05, 4.69) is 46.8 Å². The maximum absolute atomic E-state index is 9.56. The Morgan fingerprint density at radius 3 is 1.89 bits per heavy atom. The molecule has 0 aliphatic carbocycles. The van der Waals surface area contributed by atoms with Crippen molar-refractivity contribution in [2.45, 2.75) is 52.6 Å². The third kappa shape index (κ3) is 4.11. The van der Waals surface area contributed by atoms with Gasteiger partial charge in [0.1, 0.15) is 6.10 Å². The molecule has 1 rings (SSSR count). The highest BCUT2D eigenvalue weighted by atomic mass is 16.3. The second-order valence-corrected chi connectivity index (χ2v) is 6.94. The summed E-state index contributed by atoms with van der Waals surface area (Å²) < 4.78 is 0. The van der Waals surface area contributed by atoms with Crippen LogP contribution in [0.2, 0.25) is 0 Å². The van der Waals surface area contributed by atoms with Crippen LogP contribution in [0.15, 0.2) is 24.3 Å². The summed E-state index contributed by atoms with van der Waals surface area (Å²) in [5, 5.41) is 18.5. The minimum atomic E-state index is -0.773. The van der Waals surface area contributed by atoms with E-state index in [1.165, 1.54) is 5.56 Å². The molecule has 0 amide bonds. The normalized spacial score (nSPS) is 14.6. The molecular weight excluding hydrogens is 224 g/mol. The summed E-state index contributed by atoms with van der Waals surface area (Å²) in [4.78, 5) is 0. The van der Waals surface area contributed by atoms with Crippen molar-refractivity contribution in [3.8, 4) is 0 Å². The SMILES string of the molecule is CC(C)(C)CC(C)(C)c1ccc(C(O)CO)cc1. The largest absolute Gasteiger partial charge is 0.393 e. The number of hydrogen-bond donors (Lipinski definition) is 2. The van der Waals surface area contributed by atoms with Gasteiger partial charge in [0.05, 0.1) is 6.61 Å². The van der Waals surface area contributed by atoms with Crippen molar-refractivity contribution in [2.24, 2.45) is 5.41 Å². The molecule has 18 heavy (non-hydrogen) atoms. The molecule has 102 valence electrons. The van der Waals surface area contributed by atoms with Crippen LogP contribution in [0, 0.1) is 5.41 Å². The van der Waals surface area contributed by atoms with Gasteiger partial charge in [0.25, 0.3) is 0 Å². The van der Waals surface area contributed by atoms with Gasteiger partial charge in [0, 0.05) is 0 Å². The summed E-state index contributed by atoms with van der Waals surface area (Å²) in [6.45, 7) is 11.0. The topological polar surface area (TPSA) is 40.5 Å². The van der Waals surface area contributed by atoms with Crippen molar-refractivity contribution in [1.82, 2.24) is 0 Å². The van der Waals surface area contributed by atoms with Crippen LogP contribution in [-0.2, 0) is 5.41 Å². The smallest absolute Gasteiger partial charge is 0.102 e. The Morgan fingerprint density at radius 1 is 1.00 bits per heavy atom. The summed E-state index contributed by atoms with van der Waals surface area (Å²) in [5.74, 6) is 0. The van der Waals surface area contributed by atoms with Gasteiger partial charge in [-0.1, -0.05) is 58.9 Å². The number of aliphatic hydroxyl groups is 2. The van der Waals surface area contributed by atoms with Crippen LogP contribution in [0.3, 0.4) is 0 Å². The first kappa shape index (κ1) is 15.2. The first-order valence-corrected chi connectivity index (χ1v) is 6.55. The van der Waals surface area contributed by atoms with Gasteiger partial charge in [0.2, 0.25) is 0 Å². The number of benzene rings is 1. The second kappa shape index (κ2) is 5.41. The van der Waals surface area contributed by atoms with Crippen molar-refractivity contribution in [3.63, 3.8) is 0 Å². The zero-order chi connectivity index (χ0) is 14.0. The van der Waals surface area contributed by atoms with Crippen LogP contribution >= 0.6 is 0 Å². The lowest BCUT2D eigenvalue weighted by atomic mass is 9.72. The van der Waals surface area contributed by atoms with Crippen LogP contribution in [0.25, 0.3) is 0 Å². The zero-order valence-corrected chi connectivity index (χ0v) is 12.2. The van der Waals surface area contributed by atoms with Gasteiger partial charge >= 0.3 is 0 Å². The molecule has 0 aliphatic rings. The molecule has 2 N–H and O–H groups in total. The van der Waals surface area contributed by atoms with E-state index >= 15 is 0 Å². The maximum atomic E-state index is 9.56. The number of rotatable bonds is 4. The molecule has 0 aliphatic heterocycles. The van der Waals surface area contributed by atoms with Gasteiger partial charge in [-0.25, -0.2) is 0 Å². The molecular formula is C16H26O2. The van der Waals surface area contributed by atoms with E-state index in [1.54, 1.807) is 0 Å². The van der Waals surface area contributed by atoms with Crippen LogP contribution < -0.4 is 0 Å². The number of hydrogen-bond acceptors (Lipinski definition) is 2. The first-order chi connectivity index (χ1) is 8.15. The molecule has 1 unspecified atom stereocenters. The van der Waals surface area contributed by atoms with Gasteiger partial charge in [-0.2, -0.15) is 0 Å². The van der Waals surface area contributed by atoms with E-state index < -0.39 is 6.10 Å². The summed E-state index contributed by atoms with van der Waals surface area (Å²) in [6.07, 6.45) is 0.326. The Labute approximate surface area is 111 Å². The van der Waals surface area contributed by atoms with Crippen LogP contribution in [-0.4, -0.2) is 16.8 Å². The molecule has 0 saturated heterocycles. The van der Waals surface area contributed by atoms with E-state index in [1.807, 2.05) is 12.1 Å². The highest BCUT2D eigenvalue weighted by Gasteiger charge is 2.27. The molecule has 1 aromatic carbocycles. The predicted molar refractivity (Wildman–Crippen MR) is 75.6 cm³/mol. The molecule has 1 aromatic rings. The fourth-order valence-electron chi connectivity index (χ4n) is 2.69. The Hall–Kier alpha value is -0.860. The van der Waals surface area contributed by atoms with E-state index in [0.717, 1.165) is 12.0 Å². The maximum Gasteiger partial charge on any atom is 0.102 e. The summed E-state index contributed by atoms with van der Waals surface area (Å²) in [6, 6.07) is 7.92. The summed E-state index contributed by atoms with van der Waals surface area (Å²) in [7, 11) is 0. The molecule has 1 atom stereocenters. The van der Waals surface area contributed by atoms with Crippen molar-refractivity contribution in [1.29, 1.82) is 0 Å². The minimum Gasteiger partial charge on any atom is -0.393 e. The molecule has 0 aromatic heterocycles. The predicted octanol–water partition coefficient (Wildman–Crippen LogP) is 3.43. The van der Waals surface area contributed by atoms with Crippen molar-refractivity contribution in [3.05, 3.63) is 35.4 Å². The highest BCUT2D eigenvalue weighted by molar-refractivity contribution is 5.29. The molecule has 0 bridgehead atoms. The van der Waals surface area contributed by atoms with Crippen LogP contribution in [0.5, 0.6) is 0 Å². The van der Waals surface area contributed by atoms with Crippen molar-refractivity contribution >= 4 is 0 Å². The van der Waals surface area contributed by atoms with E-state index in [0.29, 0.717) is 0 Å². The molecule has 0 heterocycles. The van der Waals surface area contributed by atoms with Crippen LogP contribution in [0.4, 0.5) is 0 Å². The molecule has 2 nitrogen and oxygen atoms in total. The highest BCUT2D eigenvalue weighted by Crippen LogP contribution is 2.36. The third-order valence-electron chi connectivity index (χ3n) is 3.22. The Morgan fingerprint density at radius 2 is 1.50 bits per heavy atom. The van der Waals surface area contributed by atoms with Crippen molar-refractivity contribution in [2.75, 3.05) is 6.61 Å². The van der Waals surface area contributed by atoms with Crippen molar-refractivity contribution < 1.29 is 10.2 Å². The van der Waals surface area contributed by atoms with E-state index in [4.69, 9.17) is 5.11 Å². The zero-order valence-electron chi connectivity index (χ0n) is 12.2. The van der Waals surface area contributed by atoms with Crippen LogP contribution in [0.1, 0.15) is 58.3 Å². The summed E-state index contributed by atoms with van der Waals surface area (Å²) >= 11 is 0. The van der Waals surface area contributed by atoms with Gasteiger partial charge in [-0.05, 0) is 28.4 Å². The minimum absolute atomic E-state index is 0.112. The first-order valence-electron chi connectivity index (χ1n) is 6.55. The molecule has 0 fully saturated rings. The third-order valence-corrected chi connectivity index (χ3v) is 3.22. The van der Waals surface area contributed by atoms with E-state index in [9.17, 15) is 5.11 Å². The standard InChI is InChI=1S/C16H26O2/c1-15(2,3)11-16(4,5)13-8-6-12(7-9-13)14(18)10-17/h6-9,14,17-18H,10-11H2,1-5H3. The Bertz CT molecular complexity index is 371. The van der Waals surface area contributed by atoms with Gasteiger partial charge in [-0.15, -0.1) is 0 Å². The molecule has 0 saturated carbocycles. The quantitative estimate of drug-likeness (QED) is 0.859. The fraction of sp³-hybridized carbons (Fsp3) is 0.625. The number of aliphatic hydroxyl groups excluding tert-OH is 2. The molecule has 0 radical (unpaired) electrons. The fourth-order valence-corrected chi connectivity index (χ4v) is 2.69. The van der Waals surface area contributed by atoms with Gasteiger partial charge in [-0.3, -0.25) is 0 Å². The second-order valence-electron chi connectivity index (χ2n) is 6.94. The van der Waals surface area contributed by atoms with Gasteiger partial charge in [0.15, 0.2) is 0 Å². The molecule has 2 heteroatoms. The summed E-state index contributed by atoms with van der Waals surface area (Å²) in [5.41, 5.74) is 2.44. The Kier molecular flexibility index (Phi) is 4.57. The Balaban J connectivity index is 2.90. The average molecular weight is 250 g/mol. The lowest BCUT2D eigenvalue weighted by molar-refractivity contribution is 0.0956.